The summed E-state index contributed by atoms with van der Waals surface area (Å²) in [5.74, 6) is 0. The molecule has 14 heteroatoms. The topological polar surface area (TPSA) is 53.8 Å². The maximum Gasteiger partial charge on any atom is 0.131 e. The van der Waals surface area contributed by atoms with E-state index in [4.69, 9.17) is 0 Å². The number of nitrogens with one attached hydrogen (secondary N) is 7. The van der Waals surface area contributed by atoms with E-state index in [1.165, 1.54) is 167 Å². The van der Waals surface area contributed by atoms with Crippen molar-refractivity contribution < 1.29 is 34.3 Å². The lowest BCUT2D eigenvalue weighted by atomic mass is 10.3. The summed E-state index contributed by atoms with van der Waals surface area (Å²) in [7, 11) is 23.2. The van der Waals surface area contributed by atoms with E-state index in [0.717, 1.165) is 65.4 Å². The molecule has 0 saturated heterocycles. The zero-order valence-corrected chi connectivity index (χ0v) is 85.1. The van der Waals surface area contributed by atoms with Crippen molar-refractivity contribution in [2.75, 3.05) is 235 Å². The van der Waals surface area contributed by atoms with Gasteiger partial charge in [0.05, 0.1) is 92.6 Å². The van der Waals surface area contributed by atoms with Crippen LogP contribution in [0.4, 0.5) is 39.8 Å². The van der Waals surface area contributed by atoms with Crippen molar-refractivity contribution in [3.63, 3.8) is 0 Å². The molecule has 7 N–H and O–H groups in total. The minimum Gasteiger partial charge on any atom is -0.310 e. The van der Waals surface area contributed by atoms with Crippen LogP contribution in [0, 0.1) is 0 Å². The molecule has 0 amide bonds. The normalized spacial score (nSPS) is 11.2. The molecule has 0 bridgehead atoms. The second-order valence-corrected chi connectivity index (χ2v) is 30.2. The zero-order chi connectivity index (χ0) is 91.7. The summed E-state index contributed by atoms with van der Waals surface area (Å²) in [5.41, 5.74) is 9.77. The second-order valence-electron chi connectivity index (χ2n) is 30.2. The van der Waals surface area contributed by atoms with Crippen molar-refractivity contribution in [3.8, 4) is 0 Å². The van der Waals surface area contributed by atoms with Gasteiger partial charge in [-0.25, -0.2) is 0 Å². The van der Waals surface area contributed by atoms with E-state index < -0.39 is 0 Å². The predicted molar refractivity (Wildman–Crippen MR) is 539 cm³/mol. The van der Waals surface area contributed by atoms with Crippen LogP contribution in [0.3, 0.4) is 0 Å². The maximum absolute atomic E-state index is 2.31. The van der Waals surface area contributed by atoms with Crippen LogP contribution in [0.2, 0.25) is 0 Å². The largest absolute Gasteiger partial charge is 0.310 e. The summed E-state index contributed by atoms with van der Waals surface area (Å²) in [6.45, 7) is 80.7. The molecule has 0 radical (unpaired) electrons. The molecule has 0 fully saturated rings. The third kappa shape index (κ3) is 80.2. The van der Waals surface area contributed by atoms with E-state index in [-0.39, 0.29) is 0 Å². The highest BCUT2D eigenvalue weighted by molar-refractivity contribution is 5.31. The monoisotopic (exact) mass is 1660 g/mol. The molecule has 0 saturated carbocycles. The third-order valence-corrected chi connectivity index (χ3v) is 20.8. The quantitative estimate of drug-likeness (QED) is 0.0214. The van der Waals surface area contributed by atoms with Crippen molar-refractivity contribution >= 4 is 39.8 Å². The lowest BCUT2D eigenvalue weighted by Gasteiger charge is -2.15. The van der Waals surface area contributed by atoms with Gasteiger partial charge in [-0.15, -0.1) is 0 Å². The van der Waals surface area contributed by atoms with E-state index in [9.17, 15) is 0 Å². The van der Waals surface area contributed by atoms with Crippen molar-refractivity contribution in [2.45, 2.75) is 192 Å². The van der Waals surface area contributed by atoms with Crippen LogP contribution in [0.5, 0.6) is 0 Å². The van der Waals surface area contributed by atoms with Crippen molar-refractivity contribution in [1.82, 2.24) is 34.3 Å². The molecule has 0 aromatic heterocycles. The van der Waals surface area contributed by atoms with Crippen LogP contribution >= 0.6 is 0 Å². The summed E-state index contributed by atoms with van der Waals surface area (Å²) in [4.78, 5) is 26.3. The highest BCUT2D eigenvalue weighted by Crippen LogP contribution is 2.03. The van der Waals surface area contributed by atoms with Gasteiger partial charge in [-0.3, -0.25) is 0 Å². The van der Waals surface area contributed by atoms with Gasteiger partial charge in [0.25, 0.3) is 0 Å². The molecule has 14 nitrogen and oxygen atoms in total. The summed E-state index contributed by atoms with van der Waals surface area (Å²) in [6.07, 6.45) is 5.03. The van der Waals surface area contributed by atoms with Gasteiger partial charge in [0, 0.05) is 0 Å². The Balaban J connectivity index is -0.000000229. The highest BCUT2D eigenvalue weighted by atomic mass is 15.2. The minimum absolute atomic E-state index is 1.14. The van der Waals surface area contributed by atoms with Gasteiger partial charge in [0.1, 0.15) is 39.8 Å². The molecule has 4 unspecified atom stereocenters. The van der Waals surface area contributed by atoms with Crippen LogP contribution in [0.25, 0.3) is 0 Å². The van der Waals surface area contributed by atoms with Crippen molar-refractivity contribution in [2.24, 2.45) is 0 Å². The first-order chi connectivity index (χ1) is 57.2. The van der Waals surface area contributed by atoms with Gasteiger partial charge in [0.15, 0.2) is 0 Å². The Hall–Kier alpha value is -6.02. The van der Waals surface area contributed by atoms with Gasteiger partial charge < -0.3 is 68.6 Å². The van der Waals surface area contributed by atoms with E-state index >= 15 is 0 Å². The van der Waals surface area contributed by atoms with Crippen molar-refractivity contribution in [1.29, 1.82) is 0 Å². The van der Waals surface area contributed by atoms with Crippen molar-refractivity contribution in [3.05, 3.63) is 212 Å². The number of hydrogen-bond acceptors (Lipinski definition) is 7. The fourth-order valence-electron chi connectivity index (χ4n) is 10.6. The third-order valence-electron chi connectivity index (χ3n) is 20.8. The number of benzene rings is 7. The number of hydrogen-bond donors (Lipinski definition) is 7. The van der Waals surface area contributed by atoms with Crippen LogP contribution in [0.15, 0.2) is 212 Å². The summed E-state index contributed by atoms with van der Waals surface area (Å²) in [5, 5.41) is 0. The number of para-hydroxylation sites is 7. The maximum atomic E-state index is 2.31. The van der Waals surface area contributed by atoms with E-state index in [1.54, 1.807) is 24.5 Å². The van der Waals surface area contributed by atoms with Gasteiger partial charge in [-0.05, 0) is 322 Å². The second kappa shape index (κ2) is 95.8. The zero-order valence-electron chi connectivity index (χ0n) is 85.1. The van der Waals surface area contributed by atoms with Crippen LogP contribution in [-0.4, -0.2) is 269 Å². The molecule has 0 spiro atoms. The Kier molecular flexibility index (Phi) is 102. The Morgan fingerprint density at radius 3 is 0.429 bits per heavy atom. The molecule has 0 heterocycles. The lowest BCUT2D eigenvalue weighted by Crippen LogP contribution is -3.06. The smallest absolute Gasteiger partial charge is 0.131 e. The molecule has 119 heavy (non-hydrogen) atoms. The first-order valence-electron chi connectivity index (χ1n) is 47.2. The number of rotatable bonds is 35. The van der Waals surface area contributed by atoms with E-state index in [1.807, 2.05) is 12.1 Å². The van der Waals surface area contributed by atoms with Gasteiger partial charge in [0.2, 0.25) is 0 Å². The molecule has 4 atom stereocenters. The average Bonchev–Trinajstić information content (AvgIpc) is 0.937. The van der Waals surface area contributed by atoms with Gasteiger partial charge >= 0.3 is 0 Å². The summed E-state index contributed by atoms with van der Waals surface area (Å²) >= 11 is 0. The molecule has 7 aromatic rings. The molecule has 0 aliphatic heterocycles. The minimum atomic E-state index is 1.14. The first kappa shape index (κ1) is 126. The van der Waals surface area contributed by atoms with Crippen LogP contribution in [-0.2, 0) is 0 Å². The van der Waals surface area contributed by atoms with Gasteiger partial charge in [-0.2, -0.15) is 0 Å². The Bertz CT molecular complexity index is 2660. The van der Waals surface area contributed by atoms with Gasteiger partial charge in [-0.1, -0.05) is 224 Å². The van der Waals surface area contributed by atoms with Crippen LogP contribution < -0.4 is 34.3 Å². The number of quaternary nitrogens is 7. The summed E-state index contributed by atoms with van der Waals surface area (Å²) < 4.78 is 0. The predicted octanol–water partition coefficient (Wildman–Crippen LogP) is 15.4. The first-order valence-corrected chi connectivity index (χ1v) is 47.2. The number of nitrogens with zero attached hydrogens (tertiary/aromatic N) is 7. The molecular formula is C105H203N14+7. The van der Waals surface area contributed by atoms with Crippen LogP contribution in [0.1, 0.15) is 192 Å². The molecule has 7 rings (SSSR count). The molecule has 7 aromatic carbocycles. The fraction of sp³-hybridized carbons (Fsp3) is 0.600. The average molecular weight is 1660 g/mol. The molecule has 686 valence electrons. The molecule has 0 aliphatic rings. The Morgan fingerprint density at radius 1 is 0.176 bits per heavy atom. The highest BCUT2D eigenvalue weighted by Gasteiger charge is 2.10. The Labute approximate surface area is 742 Å². The fourth-order valence-corrected chi connectivity index (χ4v) is 10.6. The standard InChI is InChI=1S/2C11H17N.3C10H15N.2C9H13N.2C6H15N.3C5H13N.2C4H11N/c2*1-3-10-12(4-2)11-8-6-5-7-9-11;3*1-3-11(4-2)10-8-6-5-7-9-10;2*1-3-10(2)9-7-5-4-6-8-9;2*1-4-6-7(3)5-2;3*1-4-6(3)5-2;2*1-4-5(2)3/h2*5-9H,3-4,10H2,1-2H3;3*5-9H,3-4H2,1-2H3;2*4-8H,3H2,1-2H3;2*4-6H2,1-3H3;3*4-5H2,1-3H3;2*4H2,1-3H3/p+7. The molecule has 0 aliphatic carbocycles. The SMILES string of the molecule is CCCN(C)CC.CCCN(C)CC.CCC[NH+](CC)c1ccccc1.CCC[NH+](CC)c1ccccc1.CCN(C)C.CCN(C)C.CCN(C)CC.CCN(C)CC.CCN(C)CC.CC[NH+](C)c1ccccc1.CC[NH+](C)c1ccccc1.CC[NH+](CC)c1ccccc1.CC[NH+](CC)c1ccccc1.CC[NH+](CC)c1ccccc1. The molecular weight excluding hydrogens is 1460 g/mol. The van der Waals surface area contributed by atoms with E-state index in [0.29, 0.717) is 0 Å². The summed E-state index contributed by atoms with van der Waals surface area (Å²) in [6, 6.07) is 74.3. The lowest BCUT2D eigenvalue weighted by molar-refractivity contribution is -0.830. The Morgan fingerprint density at radius 2 is 0.328 bits per heavy atom. The van der Waals surface area contributed by atoms with E-state index in [2.05, 4.69) is 478 Å².